The van der Waals surface area contributed by atoms with Crippen molar-refractivity contribution in [2.45, 2.75) is 13.5 Å². The average Bonchev–Trinajstić information content (AvgIpc) is 3.11. The normalized spacial score (nSPS) is 13.0. The number of carbonyl (C=O) groups excluding carboxylic acids is 2. The minimum absolute atomic E-state index is 0.00127. The number of amides is 2. The first-order chi connectivity index (χ1) is 16.0. The number of nitrogens with one attached hydrogen (secondary N) is 1. The second-order valence-electron chi connectivity index (χ2n) is 7.91. The Hall–Kier alpha value is -3.77. The highest BCUT2D eigenvalue weighted by Gasteiger charge is 2.29. The summed E-state index contributed by atoms with van der Waals surface area (Å²) in [7, 11) is 0. The summed E-state index contributed by atoms with van der Waals surface area (Å²) in [4.78, 5) is 27.3. The van der Waals surface area contributed by atoms with Crippen molar-refractivity contribution in [3.8, 4) is 0 Å². The van der Waals surface area contributed by atoms with Crippen LogP contribution >= 0.6 is 15.9 Å². The van der Waals surface area contributed by atoms with E-state index >= 15 is 0 Å². The molecule has 5 rings (SSSR count). The summed E-state index contributed by atoms with van der Waals surface area (Å²) in [6.07, 6.45) is 0. The van der Waals surface area contributed by atoms with Crippen LogP contribution in [-0.2, 0) is 6.54 Å². The van der Waals surface area contributed by atoms with Crippen LogP contribution in [0.2, 0.25) is 0 Å². The highest BCUT2D eigenvalue weighted by Crippen LogP contribution is 2.37. The SMILES string of the molecule is CC(=NNC(=O)c1ccc(CN2C(=O)c3cccc4cccc2c34)cc1)c1ccc(Br)cc1. The molecule has 0 saturated heterocycles. The standard InChI is InChI=1S/C27H20BrN3O2/c1-17(19-12-14-22(28)15-13-19)29-30-26(32)21-10-8-18(9-11-21)16-31-24-7-3-5-20-4-2-6-23(25(20)24)27(31)33/h2-15H,16H2,1H3,(H,30,32). The smallest absolute Gasteiger partial charge is 0.271 e. The first kappa shape index (κ1) is 21.1. The topological polar surface area (TPSA) is 61.8 Å². The Morgan fingerprint density at radius 1 is 0.909 bits per heavy atom. The predicted molar refractivity (Wildman–Crippen MR) is 135 cm³/mol. The van der Waals surface area contributed by atoms with Gasteiger partial charge in [-0.15, -0.1) is 0 Å². The number of benzene rings is 4. The molecule has 1 heterocycles. The van der Waals surface area contributed by atoms with Crippen LogP contribution in [0.25, 0.3) is 10.8 Å². The first-order valence-electron chi connectivity index (χ1n) is 10.5. The second-order valence-corrected chi connectivity index (χ2v) is 8.83. The van der Waals surface area contributed by atoms with E-state index in [1.165, 1.54) is 0 Å². The molecular formula is C27H20BrN3O2. The monoisotopic (exact) mass is 497 g/mol. The Bertz CT molecular complexity index is 1400. The van der Waals surface area contributed by atoms with Crippen molar-refractivity contribution in [2.24, 2.45) is 5.10 Å². The number of hydrazone groups is 1. The van der Waals surface area contributed by atoms with Crippen molar-refractivity contribution in [1.29, 1.82) is 0 Å². The number of carbonyl (C=O) groups is 2. The Kier molecular flexibility index (Phi) is 5.52. The summed E-state index contributed by atoms with van der Waals surface area (Å²) in [5.41, 5.74) is 7.36. The highest BCUT2D eigenvalue weighted by atomic mass is 79.9. The Labute approximate surface area is 199 Å². The molecule has 5 nitrogen and oxygen atoms in total. The zero-order valence-electron chi connectivity index (χ0n) is 17.9. The van der Waals surface area contributed by atoms with Crippen LogP contribution in [0.5, 0.6) is 0 Å². The number of hydrogen-bond acceptors (Lipinski definition) is 3. The highest BCUT2D eigenvalue weighted by molar-refractivity contribution is 9.10. The zero-order chi connectivity index (χ0) is 22.9. The van der Waals surface area contributed by atoms with Crippen LogP contribution in [-0.4, -0.2) is 17.5 Å². The quantitative estimate of drug-likeness (QED) is 0.275. The lowest BCUT2D eigenvalue weighted by Crippen LogP contribution is -2.26. The zero-order valence-corrected chi connectivity index (χ0v) is 19.5. The third kappa shape index (κ3) is 4.05. The van der Waals surface area contributed by atoms with E-state index in [9.17, 15) is 9.59 Å². The molecule has 1 aliphatic rings. The lowest BCUT2D eigenvalue weighted by atomic mass is 10.1. The second kappa shape index (κ2) is 8.64. The largest absolute Gasteiger partial charge is 0.303 e. The van der Waals surface area contributed by atoms with Gasteiger partial charge in [0.05, 0.1) is 17.9 Å². The Balaban J connectivity index is 1.29. The summed E-state index contributed by atoms with van der Waals surface area (Å²) in [5, 5.41) is 6.27. The van der Waals surface area contributed by atoms with Gasteiger partial charge >= 0.3 is 0 Å². The van der Waals surface area contributed by atoms with Crippen LogP contribution in [0.15, 0.2) is 94.5 Å². The van der Waals surface area contributed by atoms with E-state index in [1.807, 2.05) is 79.7 Å². The van der Waals surface area contributed by atoms with Gasteiger partial charge in [0.1, 0.15) is 0 Å². The van der Waals surface area contributed by atoms with Crippen molar-refractivity contribution in [3.05, 3.63) is 112 Å². The number of anilines is 1. The molecule has 0 spiro atoms. The van der Waals surface area contributed by atoms with Crippen molar-refractivity contribution in [2.75, 3.05) is 4.90 Å². The number of hydrogen-bond donors (Lipinski definition) is 1. The van der Waals surface area contributed by atoms with Gasteiger partial charge in [-0.1, -0.05) is 64.5 Å². The molecule has 0 saturated carbocycles. The first-order valence-corrected chi connectivity index (χ1v) is 11.3. The number of nitrogens with zero attached hydrogens (tertiary/aromatic N) is 2. The van der Waals surface area contributed by atoms with E-state index in [4.69, 9.17) is 0 Å². The molecule has 0 bridgehead atoms. The van der Waals surface area contributed by atoms with E-state index in [1.54, 1.807) is 17.0 Å². The number of halogens is 1. The molecule has 4 aromatic carbocycles. The van der Waals surface area contributed by atoms with Gasteiger partial charge in [-0.2, -0.15) is 5.10 Å². The fourth-order valence-corrected chi connectivity index (χ4v) is 4.30. The van der Waals surface area contributed by atoms with Gasteiger partial charge in [0, 0.05) is 21.0 Å². The van der Waals surface area contributed by atoms with Gasteiger partial charge in [-0.25, -0.2) is 5.43 Å². The minimum Gasteiger partial charge on any atom is -0.303 e. The van der Waals surface area contributed by atoms with Crippen LogP contribution in [0, 0.1) is 0 Å². The van der Waals surface area contributed by atoms with E-state index in [0.29, 0.717) is 17.8 Å². The minimum atomic E-state index is -0.285. The molecule has 0 atom stereocenters. The molecule has 4 aromatic rings. The molecule has 2 amide bonds. The van der Waals surface area contributed by atoms with Gasteiger partial charge in [0.2, 0.25) is 0 Å². The van der Waals surface area contributed by atoms with E-state index in [-0.39, 0.29) is 11.8 Å². The molecule has 0 radical (unpaired) electrons. The lowest BCUT2D eigenvalue weighted by Gasteiger charge is -2.18. The Morgan fingerprint density at radius 2 is 1.58 bits per heavy atom. The summed E-state index contributed by atoms with van der Waals surface area (Å²) in [5.74, 6) is -0.284. The fourth-order valence-electron chi connectivity index (χ4n) is 4.04. The molecule has 0 aromatic heterocycles. The maximum atomic E-state index is 13.0. The van der Waals surface area contributed by atoms with Crippen molar-refractivity contribution in [3.63, 3.8) is 0 Å². The van der Waals surface area contributed by atoms with Gasteiger partial charge in [-0.05, 0) is 59.8 Å². The molecule has 0 aliphatic carbocycles. The maximum absolute atomic E-state index is 13.0. The third-order valence-electron chi connectivity index (χ3n) is 5.79. The van der Waals surface area contributed by atoms with E-state index < -0.39 is 0 Å². The van der Waals surface area contributed by atoms with Gasteiger partial charge in [0.15, 0.2) is 0 Å². The summed E-state index contributed by atoms with van der Waals surface area (Å²) in [6, 6.07) is 26.8. The van der Waals surface area contributed by atoms with E-state index in [2.05, 4.69) is 26.5 Å². The van der Waals surface area contributed by atoms with Crippen LogP contribution in [0.1, 0.15) is 38.8 Å². The van der Waals surface area contributed by atoms with Gasteiger partial charge in [0.25, 0.3) is 11.8 Å². The summed E-state index contributed by atoms with van der Waals surface area (Å²) in [6.45, 7) is 2.29. The molecule has 33 heavy (non-hydrogen) atoms. The predicted octanol–water partition coefficient (Wildman–Crippen LogP) is 5.92. The van der Waals surface area contributed by atoms with Crippen LogP contribution in [0.4, 0.5) is 5.69 Å². The molecule has 6 heteroatoms. The van der Waals surface area contributed by atoms with Gasteiger partial charge < -0.3 is 4.90 Å². The lowest BCUT2D eigenvalue weighted by molar-refractivity contribution is 0.0953. The average molecular weight is 498 g/mol. The van der Waals surface area contributed by atoms with E-state index in [0.717, 1.165) is 37.6 Å². The van der Waals surface area contributed by atoms with Crippen molar-refractivity contribution < 1.29 is 9.59 Å². The van der Waals surface area contributed by atoms with Crippen LogP contribution in [0.3, 0.4) is 0 Å². The maximum Gasteiger partial charge on any atom is 0.271 e. The summed E-state index contributed by atoms with van der Waals surface area (Å²) >= 11 is 3.41. The van der Waals surface area contributed by atoms with Crippen LogP contribution < -0.4 is 10.3 Å². The molecule has 0 unspecified atom stereocenters. The molecule has 1 aliphatic heterocycles. The third-order valence-corrected chi connectivity index (χ3v) is 6.32. The Morgan fingerprint density at radius 3 is 2.30 bits per heavy atom. The summed E-state index contributed by atoms with van der Waals surface area (Å²) < 4.78 is 0.986. The van der Waals surface area contributed by atoms with Crippen molar-refractivity contribution in [1.82, 2.24) is 5.43 Å². The fraction of sp³-hybridized carbons (Fsp3) is 0.0741. The van der Waals surface area contributed by atoms with Crippen molar-refractivity contribution >= 4 is 49.9 Å². The molecule has 0 fully saturated rings. The molecule has 1 N–H and O–H groups in total. The number of rotatable bonds is 5. The molecular weight excluding hydrogens is 478 g/mol. The van der Waals surface area contributed by atoms with Gasteiger partial charge in [-0.3, -0.25) is 9.59 Å². The molecule has 162 valence electrons.